The third-order valence-electron chi connectivity index (χ3n) is 2.40. The summed E-state index contributed by atoms with van der Waals surface area (Å²) in [6.45, 7) is 0. The maximum Gasteiger partial charge on any atom is 0.418 e. The van der Waals surface area contributed by atoms with Gasteiger partial charge >= 0.3 is 6.18 Å². The van der Waals surface area contributed by atoms with Crippen LogP contribution in [0.25, 0.3) is 11.1 Å². The minimum absolute atomic E-state index is 0.279. The third kappa shape index (κ3) is 2.25. The third-order valence-corrected chi connectivity index (χ3v) is 2.40. The first kappa shape index (κ1) is 11.5. The number of benzene rings is 1. The van der Waals surface area contributed by atoms with Crippen molar-refractivity contribution in [3.63, 3.8) is 0 Å². The summed E-state index contributed by atoms with van der Waals surface area (Å²) in [6, 6.07) is 3.67. The van der Waals surface area contributed by atoms with Gasteiger partial charge in [-0.1, -0.05) is 6.07 Å². The normalized spacial score (nSPS) is 11.8. The Labute approximate surface area is 95.7 Å². The van der Waals surface area contributed by atoms with Gasteiger partial charge in [0.25, 0.3) is 0 Å². The van der Waals surface area contributed by atoms with Crippen molar-refractivity contribution in [2.45, 2.75) is 6.18 Å². The Kier molecular flexibility index (Phi) is 2.57. The van der Waals surface area contributed by atoms with Gasteiger partial charge in [-0.3, -0.25) is 4.68 Å². The highest BCUT2D eigenvalue weighted by Gasteiger charge is 2.32. The number of aromatic nitrogens is 2. The summed E-state index contributed by atoms with van der Waals surface area (Å²) in [7, 11) is 1.73. The maximum absolute atomic E-state index is 12.5. The lowest BCUT2D eigenvalue weighted by Crippen LogP contribution is -2.08. The molecule has 0 fully saturated rings. The molecule has 6 heteroatoms. The molecule has 0 radical (unpaired) electrons. The Bertz CT molecular complexity index is 543. The first-order valence-electron chi connectivity index (χ1n) is 4.83. The minimum atomic E-state index is -4.42. The first-order chi connectivity index (χ1) is 7.88. The Hall–Kier alpha value is -1.98. The van der Waals surface area contributed by atoms with Crippen molar-refractivity contribution in [3.05, 3.63) is 36.2 Å². The molecule has 0 saturated carbocycles. The first-order valence-corrected chi connectivity index (χ1v) is 4.83. The van der Waals surface area contributed by atoms with E-state index in [1.165, 1.54) is 12.1 Å². The van der Waals surface area contributed by atoms with Crippen LogP contribution in [0.15, 0.2) is 30.6 Å². The molecule has 1 aromatic carbocycles. The summed E-state index contributed by atoms with van der Waals surface area (Å²) in [5.74, 6) is 0. The molecule has 0 spiro atoms. The van der Waals surface area contributed by atoms with Crippen LogP contribution in [0.1, 0.15) is 5.56 Å². The lowest BCUT2D eigenvalue weighted by atomic mass is 10.1. The molecular formula is C11H10F3N3. The van der Waals surface area contributed by atoms with Crippen molar-refractivity contribution in [3.8, 4) is 11.1 Å². The van der Waals surface area contributed by atoms with Crippen LogP contribution < -0.4 is 5.73 Å². The second-order valence-corrected chi connectivity index (χ2v) is 3.70. The van der Waals surface area contributed by atoms with Crippen LogP contribution in [0.2, 0.25) is 0 Å². The topological polar surface area (TPSA) is 43.8 Å². The SMILES string of the molecule is Cn1cc(-c2ccc(C(F)(F)F)c(N)c2)cn1. The van der Waals surface area contributed by atoms with Crippen molar-refractivity contribution >= 4 is 5.69 Å². The number of hydrogen-bond donors (Lipinski definition) is 1. The molecular weight excluding hydrogens is 231 g/mol. The van der Waals surface area contributed by atoms with Crippen LogP contribution in [-0.4, -0.2) is 9.78 Å². The minimum Gasteiger partial charge on any atom is -0.398 e. The smallest absolute Gasteiger partial charge is 0.398 e. The number of nitrogens with two attached hydrogens (primary N) is 1. The van der Waals surface area contributed by atoms with Gasteiger partial charge in [0.15, 0.2) is 0 Å². The number of alkyl halides is 3. The Morgan fingerprint density at radius 3 is 2.41 bits per heavy atom. The summed E-state index contributed by atoms with van der Waals surface area (Å²) >= 11 is 0. The summed E-state index contributed by atoms with van der Waals surface area (Å²) < 4.78 is 39.0. The van der Waals surface area contributed by atoms with Crippen molar-refractivity contribution in [1.29, 1.82) is 0 Å². The number of rotatable bonds is 1. The average Bonchev–Trinajstić information content (AvgIpc) is 2.62. The van der Waals surface area contributed by atoms with E-state index in [0.29, 0.717) is 5.56 Å². The molecule has 0 atom stereocenters. The van der Waals surface area contributed by atoms with Gasteiger partial charge in [0.05, 0.1) is 11.8 Å². The van der Waals surface area contributed by atoms with E-state index in [1.807, 2.05) is 0 Å². The van der Waals surface area contributed by atoms with E-state index in [0.717, 1.165) is 11.6 Å². The fraction of sp³-hybridized carbons (Fsp3) is 0.182. The summed E-state index contributed by atoms with van der Waals surface area (Å²) in [5.41, 5.74) is 5.65. The molecule has 0 aliphatic heterocycles. The zero-order valence-corrected chi connectivity index (χ0v) is 8.99. The van der Waals surface area contributed by atoms with Crippen LogP contribution in [0.5, 0.6) is 0 Å². The maximum atomic E-state index is 12.5. The zero-order valence-electron chi connectivity index (χ0n) is 8.99. The second-order valence-electron chi connectivity index (χ2n) is 3.70. The van der Waals surface area contributed by atoms with Gasteiger partial charge in [-0.25, -0.2) is 0 Å². The average molecular weight is 241 g/mol. The van der Waals surface area contributed by atoms with Gasteiger partial charge in [-0.05, 0) is 17.7 Å². The highest BCUT2D eigenvalue weighted by molar-refractivity contribution is 5.68. The van der Waals surface area contributed by atoms with Crippen molar-refractivity contribution in [2.24, 2.45) is 7.05 Å². The number of nitrogen functional groups attached to an aromatic ring is 1. The standard InChI is InChI=1S/C11H10F3N3/c1-17-6-8(5-16-17)7-2-3-9(10(15)4-7)11(12,13)14/h2-6H,15H2,1H3. The predicted octanol–water partition coefficient (Wildman–Crippen LogP) is 2.69. The molecule has 2 rings (SSSR count). The van der Waals surface area contributed by atoms with Crippen LogP contribution >= 0.6 is 0 Å². The highest BCUT2D eigenvalue weighted by Crippen LogP contribution is 2.35. The molecule has 0 amide bonds. The van der Waals surface area contributed by atoms with E-state index in [9.17, 15) is 13.2 Å². The Morgan fingerprint density at radius 1 is 1.24 bits per heavy atom. The van der Waals surface area contributed by atoms with E-state index >= 15 is 0 Å². The molecule has 2 aromatic rings. The van der Waals surface area contributed by atoms with Gasteiger partial charge in [0, 0.05) is 24.5 Å². The summed E-state index contributed by atoms with van der Waals surface area (Å²) in [5, 5.41) is 3.95. The zero-order chi connectivity index (χ0) is 12.6. The van der Waals surface area contributed by atoms with Crippen molar-refractivity contribution in [1.82, 2.24) is 9.78 Å². The molecule has 17 heavy (non-hydrogen) atoms. The second kappa shape index (κ2) is 3.80. The van der Waals surface area contributed by atoms with E-state index < -0.39 is 11.7 Å². The number of hydrogen-bond acceptors (Lipinski definition) is 2. The molecule has 0 unspecified atom stereocenters. The lowest BCUT2D eigenvalue weighted by molar-refractivity contribution is -0.136. The molecule has 3 nitrogen and oxygen atoms in total. The van der Waals surface area contributed by atoms with Crippen molar-refractivity contribution in [2.75, 3.05) is 5.73 Å². The van der Waals surface area contributed by atoms with Gasteiger partial charge < -0.3 is 5.73 Å². The van der Waals surface area contributed by atoms with Crippen LogP contribution in [0.4, 0.5) is 18.9 Å². The molecule has 0 bridgehead atoms. The van der Waals surface area contributed by atoms with E-state index in [2.05, 4.69) is 5.10 Å². The number of anilines is 1. The predicted molar refractivity (Wildman–Crippen MR) is 58.1 cm³/mol. The molecule has 1 aromatic heterocycles. The molecule has 2 N–H and O–H groups in total. The molecule has 0 aliphatic carbocycles. The molecule has 0 aliphatic rings. The quantitative estimate of drug-likeness (QED) is 0.780. The van der Waals surface area contributed by atoms with Crippen LogP contribution in [-0.2, 0) is 13.2 Å². The van der Waals surface area contributed by atoms with Gasteiger partial charge in [-0.15, -0.1) is 0 Å². The summed E-state index contributed by atoms with van der Waals surface area (Å²) in [6.07, 6.45) is -1.14. The lowest BCUT2D eigenvalue weighted by Gasteiger charge is -2.10. The molecule has 90 valence electrons. The van der Waals surface area contributed by atoms with E-state index in [-0.39, 0.29) is 5.69 Å². The number of halogens is 3. The van der Waals surface area contributed by atoms with Crippen LogP contribution in [0.3, 0.4) is 0 Å². The van der Waals surface area contributed by atoms with E-state index in [1.54, 1.807) is 24.1 Å². The monoisotopic (exact) mass is 241 g/mol. The Morgan fingerprint density at radius 2 is 1.94 bits per heavy atom. The number of aryl methyl sites for hydroxylation is 1. The molecule has 0 saturated heterocycles. The summed E-state index contributed by atoms with van der Waals surface area (Å²) in [4.78, 5) is 0. The Balaban J connectivity index is 2.44. The highest BCUT2D eigenvalue weighted by atomic mass is 19.4. The fourth-order valence-corrected chi connectivity index (χ4v) is 1.57. The number of nitrogens with zero attached hydrogens (tertiary/aromatic N) is 2. The fourth-order valence-electron chi connectivity index (χ4n) is 1.57. The van der Waals surface area contributed by atoms with Crippen molar-refractivity contribution < 1.29 is 13.2 Å². The van der Waals surface area contributed by atoms with E-state index in [4.69, 9.17) is 5.73 Å². The largest absolute Gasteiger partial charge is 0.418 e. The van der Waals surface area contributed by atoms with Crippen LogP contribution in [0, 0.1) is 0 Å². The van der Waals surface area contributed by atoms with Gasteiger partial charge in [0.2, 0.25) is 0 Å². The van der Waals surface area contributed by atoms with Gasteiger partial charge in [0.1, 0.15) is 0 Å². The molecule has 1 heterocycles. The van der Waals surface area contributed by atoms with Gasteiger partial charge in [-0.2, -0.15) is 18.3 Å².